The average Bonchev–Trinajstić information content (AvgIpc) is 2.23. The van der Waals surface area contributed by atoms with Gasteiger partial charge in [0.2, 0.25) is 0 Å². The van der Waals surface area contributed by atoms with Crippen molar-refractivity contribution in [2.24, 2.45) is 4.99 Å². The van der Waals surface area contributed by atoms with E-state index in [1.165, 1.54) is 6.07 Å². The molecule has 0 radical (unpaired) electrons. The van der Waals surface area contributed by atoms with E-state index < -0.39 is 11.7 Å². The van der Waals surface area contributed by atoms with Crippen molar-refractivity contribution in [3.63, 3.8) is 0 Å². The molecule has 0 amide bonds. The summed E-state index contributed by atoms with van der Waals surface area (Å²) in [6, 6.07) is 3.77. The third-order valence-corrected chi connectivity index (χ3v) is 2.93. The van der Waals surface area contributed by atoms with Crippen molar-refractivity contribution in [2.45, 2.75) is 19.1 Å². The zero-order valence-corrected chi connectivity index (χ0v) is 10.3. The molecule has 18 heavy (non-hydrogen) atoms. The Morgan fingerprint density at radius 2 is 2.00 bits per heavy atom. The Hall–Kier alpha value is -1.23. The normalized spacial score (nSPS) is 15.9. The SMILES string of the molecule is FC(F)(F)c1cc(CN2CCC2)cc(N=C=S)c1. The summed E-state index contributed by atoms with van der Waals surface area (Å²) in [6.45, 7) is 2.38. The largest absolute Gasteiger partial charge is 0.416 e. The molecule has 6 heteroatoms. The lowest BCUT2D eigenvalue weighted by molar-refractivity contribution is -0.137. The van der Waals surface area contributed by atoms with Gasteiger partial charge in [-0.1, -0.05) is 0 Å². The van der Waals surface area contributed by atoms with Gasteiger partial charge in [-0.15, -0.1) is 0 Å². The molecule has 1 aliphatic heterocycles. The number of nitrogens with zero attached hydrogens (tertiary/aromatic N) is 2. The summed E-state index contributed by atoms with van der Waals surface area (Å²) in [5.41, 5.74) is 0.119. The number of halogens is 3. The Morgan fingerprint density at radius 1 is 1.28 bits per heavy atom. The first kappa shape index (κ1) is 13.2. The maximum atomic E-state index is 12.7. The molecular weight excluding hydrogens is 261 g/mol. The van der Waals surface area contributed by atoms with Crippen LogP contribution in [0.2, 0.25) is 0 Å². The zero-order chi connectivity index (χ0) is 13.2. The molecule has 1 aromatic carbocycles. The van der Waals surface area contributed by atoms with Crippen molar-refractivity contribution in [3.8, 4) is 0 Å². The fourth-order valence-corrected chi connectivity index (χ4v) is 1.95. The van der Waals surface area contributed by atoms with Crippen LogP contribution in [0.25, 0.3) is 0 Å². The van der Waals surface area contributed by atoms with Crippen molar-refractivity contribution in [1.29, 1.82) is 0 Å². The van der Waals surface area contributed by atoms with Crippen LogP contribution in [0.15, 0.2) is 23.2 Å². The minimum Gasteiger partial charge on any atom is -0.299 e. The standard InChI is InChI=1S/C12H11F3N2S/c13-12(14,15)10-4-9(7-17-2-1-3-17)5-11(6-10)16-8-18/h4-6H,1-3,7H2. The van der Waals surface area contributed by atoms with E-state index in [-0.39, 0.29) is 5.69 Å². The van der Waals surface area contributed by atoms with E-state index in [2.05, 4.69) is 27.3 Å². The Balaban J connectivity index is 2.32. The van der Waals surface area contributed by atoms with E-state index in [1.54, 1.807) is 6.07 Å². The first-order chi connectivity index (χ1) is 8.49. The molecule has 1 fully saturated rings. The van der Waals surface area contributed by atoms with Crippen LogP contribution in [0.5, 0.6) is 0 Å². The third-order valence-electron chi connectivity index (χ3n) is 2.83. The van der Waals surface area contributed by atoms with Crippen LogP contribution in [-0.2, 0) is 12.7 Å². The molecule has 1 heterocycles. The van der Waals surface area contributed by atoms with Crippen LogP contribution in [0.1, 0.15) is 17.5 Å². The van der Waals surface area contributed by atoms with Gasteiger partial charge in [-0.05, 0) is 55.5 Å². The molecule has 0 spiro atoms. The second-order valence-corrected chi connectivity index (χ2v) is 4.40. The monoisotopic (exact) mass is 272 g/mol. The molecule has 0 atom stereocenters. The highest BCUT2D eigenvalue weighted by Gasteiger charge is 2.31. The van der Waals surface area contributed by atoms with Crippen LogP contribution in [0.4, 0.5) is 18.9 Å². The van der Waals surface area contributed by atoms with E-state index in [4.69, 9.17) is 0 Å². The number of alkyl halides is 3. The predicted molar refractivity (Wildman–Crippen MR) is 66.0 cm³/mol. The van der Waals surface area contributed by atoms with Crippen LogP contribution in [0.3, 0.4) is 0 Å². The van der Waals surface area contributed by atoms with Gasteiger partial charge in [0.05, 0.1) is 16.4 Å². The Kier molecular flexibility index (Phi) is 3.80. The molecule has 0 N–H and O–H groups in total. The lowest BCUT2D eigenvalue weighted by Crippen LogP contribution is -2.36. The van der Waals surface area contributed by atoms with Crippen molar-refractivity contribution in [3.05, 3.63) is 29.3 Å². The van der Waals surface area contributed by atoms with Gasteiger partial charge in [0.25, 0.3) is 0 Å². The quantitative estimate of drug-likeness (QED) is 0.616. The van der Waals surface area contributed by atoms with E-state index >= 15 is 0 Å². The molecule has 0 saturated carbocycles. The van der Waals surface area contributed by atoms with Crippen LogP contribution in [0, 0.1) is 0 Å². The van der Waals surface area contributed by atoms with E-state index in [0.29, 0.717) is 12.1 Å². The van der Waals surface area contributed by atoms with Crippen molar-refractivity contribution in [2.75, 3.05) is 13.1 Å². The maximum absolute atomic E-state index is 12.7. The Labute approximate surface area is 108 Å². The molecule has 96 valence electrons. The first-order valence-corrected chi connectivity index (χ1v) is 5.91. The Bertz CT molecular complexity index is 489. The molecule has 1 aromatic rings. The molecular formula is C12H11F3N2S. The fourth-order valence-electron chi connectivity index (χ4n) is 1.84. The van der Waals surface area contributed by atoms with Gasteiger partial charge in [0, 0.05) is 6.54 Å². The van der Waals surface area contributed by atoms with E-state index in [1.807, 2.05) is 0 Å². The molecule has 1 aliphatic rings. The molecule has 2 rings (SSSR count). The summed E-state index contributed by atoms with van der Waals surface area (Å²) in [7, 11) is 0. The summed E-state index contributed by atoms with van der Waals surface area (Å²) in [5, 5.41) is 2.10. The van der Waals surface area contributed by atoms with Crippen LogP contribution in [-0.4, -0.2) is 23.2 Å². The number of aliphatic imine (C=N–C) groups is 1. The second-order valence-electron chi connectivity index (χ2n) is 4.22. The number of rotatable bonds is 3. The van der Waals surface area contributed by atoms with Gasteiger partial charge < -0.3 is 0 Å². The van der Waals surface area contributed by atoms with Crippen molar-refractivity contribution >= 4 is 23.1 Å². The lowest BCUT2D eigenvalue weighted by atomic mass is 10.1. The van der Waals surface area contributed by atoms with Gasteiger partial charge in [-0.2, -0.15) is 18.2 Å². The average molecular weight is 272 g/mol. The molecule has 0 unspecified atom stereocenters. The molecule has 2 nitrogen and oxygen atoms in total. The molecule has 1 saturated heterocycles. The smallest absolute Gasteiger partial charge is 0.299 e. The van der Waals surface area contributed by atoms with Crippen LogP contribution >= 0.6 is 12.2 Å². The van der Waals surface area contributed by atoms with Gasteiger partial charge in [-0.3, -0.25) is 4.90 Å². The number of hydrogen-bond acceptors (Lipinski definition) is 3. The molecule has 0 bridgehead atoms. The van der Waals surface area contributed by atoms with Gasteiger partial charge >= 0.3 is 6.18 Å². The maximum Gasteiger partial charge on any atom is 0.416 e. The van der Waals surface area contributed by atoms with Crippen molar-refractivity contribution in [1.82, 2.24) is 4.90 Å². The first-order valence-electron chi connectivity index (χ1n) is 5.50. The van der Waals surface area contributed by atoms with Crippen LogP contribution < -0.4 is 0 Å². The van der Waals surface area contributed by atoms with Gasteiger partial charge in [0.15, 0.2) is 0 Å². The number of isothiocyanates is 1. The fraction of sp³-hybridized carbons (Fsp3) is 0.417. The zero-order valence-electron chi connectivity index (χ0n) is 9.50. The number of likely N-dealkylation sites (tertiary alicyclic amines) is 1. The summed E-state index contributed by atoms with van der Waals surface area (Å²) < 4.78 is 38.2. The highest BCUT2D eigenvalue weighted by atomic mass is 32.1. The second kappa shape index (κ2) is 5.18. The minimum absolute atomic E-state index is 0.204. The number of benzene rings is 1. The summed E-state index contributed by atoms with van der Waals surface area (Å²) >= 11 is 4.43. The third kappa shape index (κ3) is 3.16. The van der Waals surface area contributed by atoms with Gasteiger partial charge in [-0.25, -0.2) is 0 Å². The highest BCUT2D eigenvalue weighted by molar-refractivity contribution is 7.78. The van der Waals surface area contributed by atoms with E-state index in [9.17, 15) is 13.2 Å². The number of thiocarbonyl (C=S) groups is 1. The molecule has 0 aromatic heterocycles. The Morgan fingerprint density at radius 3 is 2.50 bits per heavy atom. The lowest BCUT2D eigenvalue weighted by Gasteiger charge is -2.30. The summed E-state index contributed by atoms with van der Waals surface area (Å²) in [6.07, 6.45) is -3.26. The highest BCUT2D eigenvalue weighted by Crippen LogP contribution is 2.33. The van der Waals surface area contributed by atoms with E-state index in [0.717, 1.165) is 25.6 Å². The summed E-state index contributed by atoms with van der Waals surface area (Å²) in [4.78, 5) is 5.72. The topological polar surface area (TPSA) is 15.6 Å². The summed E-state index contributed by atoms with van der Waals surface area (Å²) in [5.74, 6) is 0. The molecule has 0 aliphatic carbocycles. The minimum atomic E-state index is -4.36. The predicted octanol–water partition coefficient (Wildman–Crippen LogP) is 3.65. The van der Waals surface area contributed by atoms with Gasteiger partial charge in [0.1, 0.15) is 0 Å². The number of hydrogen-bond donors (Lipinski definition) is 0. The van der Waals surface area contributed by atoms with Crippen molar-refractivity contribution < 1.29 is 13.2 Å².